The summed E-state index contributed by atoms with van der Waals surface area (Å²) in [6, 6.07) is 0.635. The van der Waals surface area contributed by atoms with Gasteiger partial charge in [-0.2, -0.15) is 0 Å². The largest absolute Gasteiger partial charge is 0.312 e. The Morgan fingerprint density at radius 1 is 1.06 bits per heavy atom. The first-order chi connectivity index (χ1) is 8.50. The van der Waals surface area contributed by atoms with Gasteiger partial charge in [0, 0.05) is 11.6 Å². The summed E-state index contributed by atoms with van der Waals surface area (Å²) >= 11 is 0. The van der Waals surface area contributed by atoms with Crippen LogP contribution in [-0.4, -0.2) is 36.1 Å². The average molecular weight is 252 g/mol. The zero-order valence-corrected chi connectivity index (χ0v) is 12.9. The van der Waals surface area contributed by atoms with E-state index < -0.39 is 0 Å². The predicted octanol–water partition coefficient (Wildman–Crippen LogP) is 3.42. The maximum Gasteiger partial charge on any atom is 0.0367 e. The molecule has 1 heterocycles. The molecule has 1 saturated heterocycles. The number of likely N-dealkylation sites (tertiary alicyclic amines) is 1. The van der Waals surface area contributed by atoms with E-state index in [1.807, 2.05) is 0 Å². The van der Waals surface area contributed by atoms with Crippen LogP contribution in [0.2, 0.25) is 0 Å². The van der Waals surface area contributed by atoms with Crippen LogP contribution in [0.5, 0.6) is 0 Å². The summed E-state index contributed by atoms with van der Waals surface area (Å²) in [4.78, 5) is 2.83. The van der Waals surface area contributed by atoms with Crippen LogP contribution < -0.4 is 5.32 Å². The van der Waals surface area contributed by atoms with Gasteiger partial charge in [-0.3, -0.25) is 4.90 Å². The van der Waals surface area contributed by atoms with Gasteiger partial charge in [0.25, 0.3) is 0 Å². The molecule has 2 rings (SSSR count). The number of hydrogen-bond donors (Lipinski definition) is 1. The molecule has 2 aliphatic rings. The molecule has 2 nitrogen and oxygen atoms in total. The SMILES string of the molecule is CCNC(C(C)(C)C)C1(N2CCCC2)CCCC1. The van der Waals surface area contributed by atoms with E-state index >= 15 is 0 Å². The fourth-order valence-electron chi connectivity index (χ4n) is 4.44. The van der Waals surface area contributed by atoms with Gasteiger partial charge in [0.05, 0.1) is 0 Å². The van der Waals surface area contributed by atoms with E-state index in [1.54, 1.807) is 0 Å². The summed E-state index contributed by atoms with van der Waals surface area (Å²) in [5, 5.41) is 3.84. The summed E-state index contributed by atoms with van der Waals surface area (Å²) in [6.45, 7) is 13.3. The van der Waals surface area contributed by atoms with Crippen LogP contribution in [0.3, 0.4) is 0 Å². The van der Waals surface area contributed by atoms with E-state index in [0.717, 1.165) is 6.54 Å². The number of nitrogens with zero attached hydrogens (tertiary/aromatic N) is 1. The van der Waals surface area contributed by atoms with Gasteiger partial charge in [-0.25, -0.2) is 0 Å². The van der Waals surface area contributed by atoms with E-state index in [4.69, 9.17) is 0 Å². The lowest BCUT2D eigenvalue weighted by atomic mass is 9.72. The molecule has 0 amide bonds. The third-order valence-electron chi connectivity index (χ3n) is 5.02. The molecule has 0 bridgehead atoms. The summed E-state index contributed by atoms with van der Waals surface area (Å²) in [6.07, 6.45) is 8.47. The van der Waals surface area contributed by atoms with Gasteiger partial charge >= 0.3 is 0 Å². The van der Waals surface area contributed by atoms with Crippen molar-refractivity contribution in [1.29, 1.82) is 0 Å². The van der Waals surface area contributed by atoms with Crippen LogP contribution >= 0.6 is 0 Å². The van der Waals surface area contributed by atoms with Crippen molar-refractivity contribution < 1.29 is 0 Å². The van der Waals surface area contributed by atoms with Crippen molar-refractivity contribution in [3.05, 3.63) is 0 Å². The molecule has 0 aromatic heterocycles. The Hall–Kier alpha value is -0.0800. The van der Waals surface area contributed by atoms with Crippen LogP contribution in [0, 0.1) is 5.41 Å². The van der Waals surface area contributed by atoms with Crippen LogP contribution in [-0.2, 0) is 0 Å². The molecule has 0 aromatic carbocycles. The molecule has 18 heavy (non-hydrogen) atoms. The fraction of sp³-hybridized carbons (Fsp3) is 1.00. The first-order valence-electron chi connectivity index (χ1n) is 7.99. The highest BCUT2D eigenvalue weighted by Gasteiger charge is 2.50. The third kappa shape index (κ3) is 2.60. The van der Waals surface area contributed by atoms with Crippen molar-refractivity contribution in [3.8, 4) is 0 Å². The highest BCUT2D eigenvalue weighted by molar-refractivity contribution is 5.08. The molecule has 106 valence electrons. The Labute approximate surface area is 114 Å². The maximum absolute atomic E-state index is 3.84. The molecule has 0 spiro atoms. The van der Waals surface area contributed by atoms with Crippen molar-refractivity contribution in [1.82, 2.24) is 10.2 Å². The summed E-state index contributed by atoms with van der Waals surface area (Å²) in [5.41, 5.74) is 0.799. The van der Waals surface area contributed by atoms with Crippen molar-refractivity contribution in [2.24, 2.45) is 5.41 Å². The van der Waals surface area contributed by atoms with E-state index in [1.165, 1.54) is 51.6 Å². The second-order valence-corrected chi connectivity index (χ2v) is 7.36. The number of rotatable bonds is 4. The minimum absolute atomic E-state index is 0.350. The van der Waals surface area contributed by atoms with Crippen LogP contribution in [0.1, 0.15) is 66.2 Å². The summed E-state index contributed by atoms with van der Waals surface area (Å²) < 4.78 is 0. The molecule has 1 atom stereocenters. The molecule has 1 saturated carbocycles. The number of nitrogens with one attached hydrogen (secondary N) is 1. The second-order valence-electron chi connectivity index (χ2n) is 7.36. The Bertz CT molecular complexity index is 255. The zero-order chi connectivity index (χ0) is 13.2. The first-order valence-corrected chi connectivity index (χ1v) is 7.99. The monoisotopic (exact) mass is 252 g/mol. The van der Waals surface area contributed by atoms with Crippen LogP contribution in [0.25, 0.3) is 0 Å². The van der Waals surface area contributed by atoms with Crippen molar-refractivity contribution in [2.45, 2.75) is 77.8 Å². The van der Waals surface area contributed by atoms with Crippen LogP contribution in [0.4, 0.5) is 0 Å². The van der Waals surface area contributed by atoms with Crippen LogP contribution in [0.15, 0.2) is 0 Å². The van der Waals surface area contributed by atoms with Gasteiger partial charge < -0.3 is 5.32 Å². The highest BCUT2D eigenvalue weighted by Crippen LogP contribution is 2.45. The van der Waals surface area contributed by atoms with Crippen molar-refractivity contribution >= 4 is 0 Å². The highest BCUT2D eigenvalue weighted by atomic mass is 15.3. The molecule has 1 aliphatic carbocycles. The normalized spacial score (nSPS) is 26.7. The van der Waals surface area contributed by atoms with Gasteiger partial charge in [-0.05, 0) is 50.7 Å². The molecule has 0 radical (unpaired) electrons. The molecule has 0 aromatic rings. The lowest BCUT2D eigenvalue weighted by molar-refractivity contribution is 0.0291. The topological polar surface area (TPSA) is 15.3 Å². The van der Waals surface area contributed by atoms with Crippen molar-refractivity contribution in [2.75, 3.05) is 19.6 Å². The maximum atomic E-state index is 3.84. The van der Waals surface area contributed by atoms with Gasteiger partial charge in [-0.15, -0.1) is 0 Å². The van der Waals surface area contributed by atoms with E-state index in [9.17, 15) is 0 Å². The zero-order valence-electron chi connectivity index (χ0n) is 12.9. The molecule has 2 heteroatoms. The predicted molar refractivity (Wildman–Crippen MR) is 78.9 cm³/mol. The van der Waals surface area contributed by atoms with Gasteiger partial charge in [0.2, 0.25) is 0 Å². The first kappa shape index (κ1) is 14.3. The molecule has 1 unspecified atom stereocenters. The molecule has 1 aliphatic heterocycles. The third-order valence-corrected chi connectivity index (χ3v) is 5.02. The average Bonchev–Trinajstić information content (AvgIpc) is 2.95. The second kappa shape index (κ2) is 5.50. The lowest BCUT2D eigenvalue weighted by Gasteiger charge is -2.50. The standard InChI is InChI=1S/C16H32N2/c1-5-17-14(15(2,3)4)16(10-6-7-11-16)18-12-8-9-13-18/h14,17H,5-13H2,1-4H3. The Balaban J connectivity index is 2.25. The summed E-state index contributed by atoms with van der Waals surface area (Å²) in [7, 11) is 0. The summed E-state index contributed by atoms with van der Waals surface area (Å²) in [5.74, 6) is 0. The molecular formula is C16H32N2. The minimum atomic E-state index is 0.350. The number of likely N-dealkylation sites (N-methyl/N-ethyl adjacent to an activating group) is 1. The molecule has 2 fully saturated rings. The minimum Gasteiger partial charge on any atom is -0.312 e. The van der Waals surface area contributed by atoms with E-state index in [-0.39, 0.29) is 0 Å². The Morgan fingerprint density at radius 3 is 2.06 bits per heavy atom. The molecular weight excluding hydrogens is 220 g/mol. The van der Waals surface area contributed by atoms with Gasteiger partial charge in [0.15, 0.2) is 0 Å². The Morgan fingerprint density at radius 2 is 1.61 bits per heavy atom. The van der Waals surface area contributed by atoms with Gasteiger partial charge in [-0.1, -0.05) is 40.5 Å². The van der Waals surface area contributed by atoms with Gasteiger partial charge in [0.1, 0.15) is 0 Å². The van der Waals surface area contributed by atoms with E-state index in [2.05, 4.69) is 37.9 Å². The number of hydrogen-bond acceptors (Lipinski definition) is 2. The Kier molecular flexibility index (Phi) is 4.38. The quantitative estimate of drug-likeness (QED) is 0.825. The fourth-order valence-corrected chi connectivity index (χ4v) is 4.44. The van der Waals surface area contributed by atoms with Crippen molar-refractivity contribution in [3.63, 3.8) is 0 Å². The smallest absolute Gasteiger partial charge is 0.0367 e. The molecule has 1 N–H and O–H groups in total. The lowest BCUT2D eigenvalue weighted by Crippen LogP contribution is -2.63. The van der Waals surface area contributed by atoms with E-state index in [0.29, 0.717) is 17.0 Å².